The van der Waals surface area contributed by atoms with E-state index in [2.05, 4.69) is 48.2 Å². The highest BCUT2D eigenvalue weighted by Gasteiger charge is 2.43. The lowest BCUT2D eigenvalue weighted by Gasteiger charge is -2.46. The lowest BCUT2D eigenvalue weighted by Crippen LogP contribution is -2.50. The van der Waals surface area contributed by atoms with Crippen LogP contribution in [0.25, 0.3) is 0 Å². The molecule has 4 rings (SSSR count). The van der Waals surface area contributed by atoms with Gasteiger partial charge in [0.25, 0.3) is 0 Å². The molecule has 8 nitrogen and oxygen atoms in total. The van der Waals surface area contributed by atoms with Gasteiger partial charge in [0.2, 0.25) is 0 Å². The molecule has 0 unspecified atom stereocenters. The quantitative estimate of drug-likeness (QED) is 0.454. The minimum Gasteiger partial charge on any atom is -0.488 e. The van der Waals surface area contributed by atoms with Crippen molar-refractivity contribution in [2.75, 3.05) is 40.8 Å². The number of nitrogens with zero attached hydrogens (tertiary/aromatic N) is 3. The third-order valence-corrected chi connectivity index (χ3v) is 7.85. The van der Waals surface area contributed by atoms with Gasteiger partial charge in [0.1, 0.15) is 29.3 Å². The number of ether oxygens (including phenoxy) is 3. The minimum absolute atomic E-state index is 0.0212. The Labute approximate surface area is 237 Å². The van der Waals surface area contributed by atoms with E-state index in [9.17, 15) is 14.0 Å². The predicted molar refractivity (Wildman–Crippen MR) is 150 cm³/mol. The zero-order valence-corrected chi connectivity index (χ0v) is 24.5. The second kappa shape index (κ2) is 12.1. The Kier molecular flexibility index (Phi) is 9.05. The van der Waals surface area contributed by atoms with Gasteiger partial charge in [-0.1, -0.05) is 30.3 Å². The molecule has 2 aliphatic rings. The van der Waals surface area contributed by atoms with Crippen molar-refractivity contribution in [2.45, 2.75) is 69.9 Å². The van der Waals surface area contributed by atoms with Crippen molar-refractivity contribution in [2.24, 2.45) is 0 Å². The molecule has 9 heteroatoms. The van der Waals surface area contributed by atoms with E-state index >= 15 is 0 Å². The van der Waals surface area contributed by atoms with Gasteiger partial charge in [-0.2, -0.15) is 0 Å². The van der Waals surface area contributed by atoms with Crippen molar-refractivity contribution >= 4 is 12.1 Å². The first-order chi connectivity index (χ1) is 18.9. The Bertz CT molecular complexity index is 1180. The first-order valence-electron chi connectivity index (χ1n) is 13.9. The van der Waals surface area contributed by atoms with E-state index in [1.165, 1.54) is 29.7 Å². The largest absolute Gasteiger partial charge is 0.488 e. The van der Waals surface area contributed by atoms with Crippen LogP contribution in [0.1, 0.15) is 51.2 Å². The first kappa shape index (κ1) is 29.8. The smallest absolute Gasteiger partial charge is 0.411 e. The number of carbonyl (C=O) groups excluding carboxylic acids is 2. The van der Waals surface area contributed by atoms with Crippen LogP contribution in [0.2, 0.25) is 0 Å². The lowest BCUT2D eigenvalue weighted by atomic mass is 9.79. The van der Waals surface area contributed by atoms with Gasteiger partial charge in [-0.3, -0.25) is 14.7 Å². The summed E-state index contributed by atoms with van der Waals surface area (Å²) in [6.45, 7) is 7.80. The summed E-state index contributed by atoms with van der Waals surface area (Å²) in [7, 11) is 5.55. The number of amides is 1. The van der Waals surface area contributed by atoms with Gasteiger partial charge in [-0.05, 0) is 71.0 Å². The van der Waals surface area contributed by atoms with Crippen molar-refractivity contribution in [3.8, 4) is 5.75 Å². The summed E-state index contributed by atoms with van der Waals surface area (Å²) < 4.78 is 31.2. The highest BCUT2D eigenvalue weighted by molar-refractivity contribution is 5.82. The summed E-state index contributed by atoms with van der Waals surface area (Å²) in [5.41, 5.74) is 1.41. The molecule has 2 aliphatic heterocycles. The van der Waals surface area contributed by atoms with Crippen LogP contribution < -0.4 is 4.74 Å². The number of hydrogen-bond acceptors (Lipinski definition) is 7. The highest BCUT2D eigenvalue weighted by atomic mass is 19.1. The second-order valence-corrected chi connectivity index (χ2v) is 12.0. The molecule has 1 amide bonds. The molecule has 218 valence electrons. The zero-order valence-electron chi connectivity index (χ0n) is 24.5. The summed E-state index contributed by atoms with van der Waals surface area (Å²) in [6.07, 6.45) is 1.06. The van der Waals surface area contributed by atoms with Gasteiger partial charge in [0.05, 0.1) is 13.7 Å². The Hall–Kier alpha value is -3.17. The van der Waals surface area contributed by atoms with Crippen LogP contribution >= 0.6 is 0 Å². The molecule has 0 radical (unpaired) electrons. The molecule has 0 aromatic heterocycles. The fourth-order valence-electron chi connectivity index (χ4n) is 5.82. The maximum atomic E-state index is 14.7. The highest BCUT2D eigenvalue weighted by Crippen LogP contribution is 2.38. The van der Waals surface area contributed by atoms with E-state index in [4.69, 9.17) is 14.2 Å². The van der Waals surface area contributed by atoms with Crippen molar-refractivity contribution in [1.82, 2.24) is 14.7 Å². The summed E-state index contributed by atoms with van der Waals surface area (Å²) in [6, 6.07) is 14.5. The Morgan fingerprint density at radius 3 is 2.35 bits per heavy atom. The molecule has 0 bridgehead atoms. The molecule has 2 fully saturated rings. The van der Waals surface area contributed by atoms with E-state index in [-0.39, 0.29) is 24.3 Å². The van der Waals surface area contributed by atoms with Crippen LogP contribution in [0.4, 0.5) is 9.18 Å². The van der Waals surface area contributed by atoms with E-state index in [0.29, 0.717) is 12.3 Å². The van der Waals surface area contributed by atoms with Crippen LogP contribution in [0.15, 0.2) is 48.5 Å². The standard InChI is InChI=1S/C31H42FN3O5/c1-30(2,3)40-29(37)35-21-26(19-27(35)28(36)38-6)39-25-17-22(16-24(32)18-25)20-34-14-12-31(13-15-34,33(4)5)23-10-8-7-9-11-23/h7-11,16-18,26-27H,12-15,19-21H2,1-6H3/t26-,27-/m0/s1. The summed E-state index contributed by atoms with van der Waals surface area (Å²) in [5, 5.41) is 0. The molecule has 2 aromatic carbocycles. The molecule has 0 N–H and O–H groups in total. The van der Waals surface area contributed by atoms with Gasteiger partial charge >= 0.3 is 12.1 Å². The molecule has 0 saturated carbocycles. The normalized spacial score (nSPS) is 21.4. The van der Waals surface area contributed by atoms with E-state index in [1.54, 1.807) is 20.8 Å². The molecule has 0 spiro atoms. The summed E-state index contributed by atoms with van der Waals surface area (Å²) in [4.78, 5) is 31.2. The third kappa shape index (κ3) is 6.93. The monoisotopic (exact) mass is 555 g/mol. The molecule has 2 atom stereocenters. The SMILES string of the molecule is COC(=O)[C@@H]1C[C@H](Oc2cc(F)cc(CN3CCC(c4ccccc4)(N(C)C)CC3)c2)CN1C(=O)OC(C)(C)C. The molecule has 0 aliphatic carbocycles. The topological polar surface area (TPSA) is 71.6 Å². The van der Waals surface area contributed by atoms with Gasteiger partial charge < -0.3 is 14.2 Å². The van der Waals surface area contributed by atoms with E-state index < -0.39 is 29.8 Å². The summed E-state index contributed by atoms with van der Waals surface area (Å²) >= 11 is 0. The third-order valence-electron chi connectivity index (χ3n) is 7.85. The summed E-state index contributed by atoms with van der Waals surface area (Å²) in [5.74, 6) is -0.548. The van der Waals surface area contributed by atoms with Crippen LogP contribution in [-0.2, 0) is 26.4 Å². The Balaban J connectivity index is 1.42. The van der Waals surface area contributed by atoms with Gasteiger partial charge in [0, 0.05) is 37.7 Å². The maximum Gasteiger partial charge on any atom is 0.411 e. The number of likely N-dealkylation sites (tertiary alicyclic amines) is 2. The van der Waals surface area contributed by atoms with Crippen molar-refractivity contribution < 1.29 is 28.2 Å². The van der Waals surface area contributed by atoms with Gasteiger partial charge in [0.15, 0.2) is 0 Å². The lowest BCUT2D eigenvalue weighted by molar-refractivity contribution is -0.145. The van der Waals surface area contributed by atoms with Crippen molar-refractivity contribution in [1.29, 1.82) is 0 Å². The number of esters is 1. The van der Waals surface area contributed by atoms with Crippen molar-refractivity contribution in [3.63, 3.8) is 0 Å². The molecule has 2 heterocycles. The average molecular weight is 556 g/mol. The second-order valence-electron chi connectivity index (χ2n) is 12.0. The molecule has 40 heavy (non-hydrogen) atoms. The number of benzene rings is 2. The average Bonchev–Trinajstić information content (AvgIpc) is 3.32. The molecule has 2 aromatic rings. The van der Waals surface area contributed by atoms with Crippen molar-refractivity contribution in [3.05, 3.63) is 65.5 Å². The molecular weight excluding hydrogens is 513 g/mol. The number of halogens is 1. The van der Waals surface area contributed by atoms with Crippen LogP contribution in [0.5, 0.6) is 5.75 Å². The molecular formula is C31H42FN3O5. The van der Waals surface area contributed by atoms with Crippen LogP contribution in [-0.4, -0.2) is 85.3 Å². The van der Waals surface area contributed by atoms with Gasteiger partial charge in [-0.15, -0.1) is 0 Å². The number of hydrogen-bond donors (Lipinski definition) is 0. The van der Waals surface area contributed by atoms with E-state index in [1.807, 2.05) is 12.1 Å². The Morgan fingerprint density at radius 1 is 1.07 bits per heavy atom. The van der Waals surface area contributed by atoms with Crippen LogP contribution in [0.3, 0.4) is 0 Å². The maximum absolute atomic E-state index is 14.7. The van der Waals surface area contributed by atoms with Crippen LogP contribution in [0, 0.1) is 5.82 Å². The fraction of sp³-hybridized carbons (Fsp3) is 0.548. The fourth-order valence-corrected chi connectivity index (χ4v) is 5.82. The number of methoxy groups -OCH3 is 1. The molecule has 2 saturated heterocycles. The van der Waals surface area contributed by atoms with Gasteiger partial charge in [-0.25, -0.2) is 14.0 Å². The number of piperidine rings is 1. The first-order valence-corrected chi connectivity index (χ1v) is 13.9. The number of rotatable bonds is 7. The zero-order chi connectivity index (χ0) is 29.1. The Morgan fingerprint density at radius 2 is 1.75 bits per heavy atom. The number of carbonyl (C=O) groups is 2. The predicted octanol–water partition coefficient (Wildman–Crippen LogP) is 4.81. The minimum atomic E-state index is -0.826. The van der Waals surface area contributed by atoms with E-state index in [0.717, 1.165) is 31.5 Å².